The summed E-state index contributed by atoms with van der Waals surface area (Å²) in [5, 5.41) is 2.65. The third-order valence-electron chi connectivity index (χ3n) is 2.47. The molecule has 0 aliphatic heterocycles. The zero-order valence-corrected chi connectivity index (χ0v) is 9.30. The molecule has 0 amide bonds. The number of carbonyl (C=O) groups is 1. The molecule has 4 heteroatoms. The van der Waals surface area contributed by atoms with Crippen molar-refractivity contribution in [3.05, 3.63) is 12.2 Å². The molecule has 0 heterocycles. The van der Waals surface area contributed by atoms with E-state index in [1.54, 1.807) is 0 Å². The molecule has 0 saturated heterocycles. The van der Waals surface area contributed by atoms with Gasteiger partial charge in [-0.05, 0) is 32.4 Å². The molecule has 0 radical (unpaired) electrons. The maximum absolute atomic E-state index is 10.8. The van der Waals surface area contributed by atoms with Crippen LogP contribution in [0.4, 0.5) is 4.79 Å². The van der Waals surface area contributed by atoms with E-state index in [-0.39, 0.29) is 12.1 Å². The van der Waals surface area contributed by atoms with Gasteiger partial charge in [0.1, 0.15) is 6.10 Å². The summed E-state index contributed by atoms with van der Waals surface area (Å²) in [6, 6.07) is 0.211. The number of rotatable bonds is 2. The Morgan fingerprint density at radius 2 is 2.36 bits per heavy atom. The first kappa shape index (κ1) is 11.6. The Hall–Kier alpha value is -0.480. The van der Waals surface area contributed by atoms with Crippen LogP contribution in [0.3, 0.4) is 0 Å². The second-order valence-electron chi connectivity index (χ2n) is 3.46. The van der Waals surface area contributed by atoms with Crippen LogP contribution in [0.15, 0.2) is 12.2 Å². The molecule has 0 spiro atoms. The Labute approximate surface area is 90.3 Å². The van der Waals surface area contributed by atoms with E-state index in [9.17, 15) is 4.79 Å². The molecule has 1 aliphatic carbocycles. The predicted molar refractivity (Wildman–Crippen MR) is 59.7 cm³/mol. The molecule has 0 aromatic carbocycles. The Morgan fingerprint density at radius 3 is 3.00 bits per heavy atom. The number of thiol groups is 1. The summed E-state index contributed by atoms with van der Waals surface area (Å²) in [6.45, 7) is 0. The van der Waals surface area contributed by atoms with Gasteiger partial charge in [0.15, 0.2) is 0 Å². The number of ether oxygens (including phenoxy) is 1. The first-order valence-electron chi connectivity index (χ1n) is 4.97. The lowest BCUT2D eigenvalue weighted by atomic mass is 9.99. The molecule has 80 valence electrons. The van der Waals surface area contributed by atoms with E-state index in [0.717, 1.165) is 19.3 Å². The number of nitrogens with one attached hydrogen (secondary N) is 1. The van der Waals surface area contributed by atoms with E-state index in [1.165, 1.54) is 6.42 Å². The number of hydrogen-bond donors (Lipinski definition) is 2. The maximum Gasteiger partial charge on any atom is 0.364 e. The van der Waals surface area contributed by atoms with Gasteiger partial charge in [0.05, 0.1) is 0 Å². The van der Waals surface area contributed by atoms with E-state index < -0.39 is 5.30 Å². The quantitative estimate of drug-likeness (QED) is 0.421. The van der Waals surface area contributed by atoms with Crippen molar-refractivity contribution in [2.45, 2.75) is 37.8 Å². The summed E-state index contributed by atoms with van der Waals surface area (Å²) in [4.78, 5) is 10.8. The molecular formula is C10H17NO2S. The smallest absolute Gasteiger partial charge is 0.364 e. The van der Waals surface area contributed by atoms with Crippen LogP contribution in [0.25, 0.3) is 0 Å². The predicted octanol–water partition coefficient (Wildman–Crippen LogP) is 2.14. The van der Waals surface area contributed by atoms with Crippen molar-refractivity contribution in [3.8, 4) is 0 Å². The third-order valence-corrected chi connectivity index (χ3v) is 2.57. The van der Waals surface area contributed by atoms with Crippen molar-refractivity contribution < 1.29 is 9.53 Å². The van der Waals surface area contributed by atoms with Gasteiger partial charge in [-0.3, -0.25) is 0 Å². The second-order valence-corrected chi connectivity index (χ2v) is 3.82. The number of likely N-dealkylation sites (N-methyl/N-ethyl adjacent to an activating group) is 1. The first-order valence-corrected chi connectivity index (χ1v) is 5.42. The van der Waals surface area contributed by atoms with E-state index in [0.29, 0.717) is 0 Å². The third kappa shape index (κ3) is 3.72. The zero-order chi connectivity index (χ0) is 10.4. The van der Waals surface area contributed by atoms with Gasteiger partial charge < -0.3 is 10.1 Å². The Balaban J connectivity index is 2.61. The maximum atomic E-state index is 10.8. The fourth-order valence-electron chi connectivity index (χ4n) is 1.70. The van der Waals surface area contributed by atoms with Crippen LogP contribution in [0.1, 0.15) is 25.7 Å². The van der Waals surface area contributed by atoms with E-state index >= 15 is 0 Å². The number of hydrogen-bond acceptors (Lipinski definition) is 3. The normalized spacial score (nSPS) is 27.9. The molecule has 2 atom stereocenters. The SMILES string of the molecule is CNC1CCCCC=CC1OC(=O)S. The summed E-state index contributed by atoms with van der Waals surface area (Å²) in [5.74, 6) is 0. The van der Waals surface area contributed by atoms with Crippen LogP contribution in [-0.2, 0) is 4.74 Å². The zero-order valence-electron chi connectivity index (χ0n) is 8.40. The van der Waals surface area contributed by atoms with Gasteiger partial charge in [-0.15, -0.1) is 0 Å². The highest BCUT2D eigenvalue weighted by molar-refractivity contribution is 7.96. The topological polar surface area (TPSA) is 38.3 Å². The van der Waals surface area contributed by atoms with Gasteiger partial charge in [-0.1, -0.05) is 25.1 Å². The van der Waals surface area contributed by atoms with Crippen LogP contribution < -0.4 is 5.32 Å². The van der Waals surface area contributed by atoms with Crippen molar-refractivity contribution in [3.63, 3.8) is 0 Å². The average molecular weight is 215 g/mol. The minimum absolute atomic E-state index is 0.176. The Morgan fingerprint density at radius 1 is 1.57 bits per heavy atom. The highest BCUT2D eigenvalue weighted by Gasteiger charge is 2.20. The van der Waals surface area contributed by atoms with Crippen molar-refractivity contribution in [1.29, 1.82) is 0 Å². The van der Waals surface area contributed by atoms with E-state index in [1.807, 2.05) is 13.1 Å². The molecule has 14 heavy (non-hydrogen) atoms. The van der Waals surface area contributed by atoms with Crippen molar-refractivity contribution in [2.24, 2.45) is 0 Å². The lowest BCUT2D eigenvalue weighted by Crippen LogP contribution is -2.39. The first-order chi connectivity index (χ1) is 6.74. The Bertz CT molecular complexity index is 218. The molecule has 2 unspecified atom stereocenters. The molecule has 0 fully saturated rings. The monoisotopic (exact) mass is 215 g/mol. The lowest BCUT2D eigenvalue weighted by molar-refractivity contribution is 0.121. The van der Waals surface area contributed by atoms with Crippen molar-refractivity contribution >= 4 is 17.9 Å². The molecule has 3 nitrogen and oxygen atoms in total. The average Bonchev–Trinajstić information content (AvgIpc) is 2.10. The van der Waals surface area contributed by atoms with Crippen LogP contribution in [0.2, 0.25) is 0 Å². The lowest BCUT2D eigenvalue weighted by Gasteiger charge is -2.25. The van der Waals surface area contributed by atoms with Crippen LogP contribution in [-0.4, -0.2) is 24.5 Å². The molecule has 0 saturated carbocycles. The van der Waals surface area contributed by atoms with Gasteiger partial charge in [0, 0.05) is 6.04 Å². The van der Waals surface area contributed by atoms with Gasteiger partial charge in [-0.25, -0.2) is 4.79 Å². The molecule has 1 N–H and O–H groups in total. The summed E-state index contributed by atoms with van der Waals surface area (Å²) in [5.41, 5.74) is 0. The summed E-state index contributed by atoms with van der Waals surface area (Å²) < 4.78 is 5.11. The fourth-order valence-corrected chi connectivity index (χ4v) is 1.82. The number of carbonyl (C=O) groups excluding carboxylic acids is 1. The minimum Gasteiger partial charge on any atom is -0.449 e. The number of allylic oxidation sites excluding steroid dienone is 1. The molecule has 0 aromatic heterocycles. The molecule has 0 aromatic rings. The Kier molecular flexibility index (Phi) is 5.04. The van der Waals surface area contributed by atoms with Crippen LogP contribution >= 0.6 is 12.6 Å². The highest BCUT2D eigenvalue weighted by Crippen LogP contribution is 2.15. The molecule has 1 rings (SSSR count). The van der Waals surface area contributed by atoms with Gasteiger partial charge >= 0.3 is 5.30 Å². The second kappa shape index (κ2) is 6.09. The summed E-state index contributed by atoms with van der Waals surface area (Å²) in [6.07, 6.45) is 8.32. The highest BCUT2D eigenvalue weighted by atomic mass is 32.1. The van der Waals surface area contributed by atoms with E-state index in [4.69, 9.17) is 4.74 Å². The van der Waals surface area contributed by atoms with Crippen LogP contribution in [0, 0.1) is 0 Å². The summed E-state index contributed by atoms with van der Waals surface area (Å²) >= 11 is 3.63. The van der Waals surface area contributed by atoms with Gasteiger partial charge in [0.2, 0.25) is 0 Å². The molecule has 1 aliphatic rings. The molecular weight excluding hydrogens is 198 g/mol. The standard InChI is InChI=1S/C10H17NO2S/c1-11-8-6-4-2-3-5-7-9(8)13-10(12)14/h5,7-9,11H,2-4,6H2,1H3,(H,12,14). The van der Waals surface area contributed by atoms with E-state index in [2.05, 4.69) is 24.0 Å². The molecule has 0 bridgehead atoms. The summed E-state index contributed by atoms with van der Waals surface area (Å²) in [7, 11) is 1.89. The van der Waals surface area contributed by atoms with Crippen molar-refractivity contribution in [2.75, 3.05) is 7.05 Å². The van der Waals surface area contributed by atoms with Crippen molar-refractivity contribution in [1.82, 2.24) is 5.32 Å². The van der Waals surface area contributed by atoms with Gasteiger partial charge in [-0.2, -0.15) is 0 Å². The minimum atomic E-state index is -0.513. The fraction of sp³-hybridized carbons (Fsp3) is 0.700. The van der Waals surface area contributed by atoms with Crippen LogP contribution in [0.5, 0.6) is 0 Å². The van der Waals surface area contributed by atoms with Gasteiger partial charge in [0.25, 0.3) is 0 Å². The largest absolute Gasteiger partial charge is 0.449 e.